The molecule has 2 aliphatic heterocycles. The van der Waals surface area contributed by atoms with Crippen LogP contribution in [0, 0.1) is 5.82 Å². The Morgan fingerprint density at radius 3 is 2.47 bits per heavy atom. The molecule has 0 aliphatic carbocycles. The highest BCUT2D eigenvalue weighted by molar-refractivity contribution is 6.43. The lowest BCUT2D eigenvalue weighted by molar-refractivity contribution is -0.127. The van der Waals surface area contributed by atoms with Crippen molar-refractivity contribution in [3.05, 3.63) is 86.4 Å². The standard InChI is InChI=1S/C24H21Cl3FN5O/c1-14-21(24(34)32-10-8-31(9-11-32)17-4-2-16(28)3-5-17)23(33-20(30-14)6-7-29-33)18-12-15(25)13-19(26)22(18)27/h2-7,12-13,23,30H,8-11H2,1H3. The number of rotatable bonds is 3. The first-order valence-corrected chi connectivity index (χ1v) is 11.9. The molecule has 6 nitrogen and oxygen atoms in total. The van der Waals surface area contributed by atoms with Gasteiger partial charge in [0.15, 0.2) is 0 Å². The van der Waals surface area contributed by atoms with Crippen LogP contribution in [0.4, 0.5) is 15.9 Å². The maximum atomic E-state index is 13.9. The molecule has 176 valence electrons. The Bertz CT molecular complexity index is 1280. The molecular formula is C24H21Cl3FN5O. The molecule has 2 aliphatic rings. The maximum absolute atomic E-state index is 13.9. The van der Waals surface area contributed by atoms with Crippen LogP contribution in [0.3, 0.4) is 0 Å². The lowest BCUT2D eigenvalue weighted by atomic mass is 9.94. The van der Waals surface area contributed by atoms with Gasteiger partial charge in [0.2, 0.25) is 0 Å². The van der Waals surface area contributed by atoms with E-state index in [1.807, 2.05) is 17.9 Å². The van der Waals surface area contributed by atoms with Crippen LogP contribution >= 0.6 is 34.8 Å². The van der Waals surface area contributed by atoms with E-state index in [1.54, 1.807) is 35.1 Å². The van der Waals surface area contributed by atoms with Crippen molar-refractivity contribution in [2.75, 3.05) is 36.4 Å². The fourth-order valence-electron chi connectivity index (χ4n) is 4.54. The number of aromatic nitrogens is 2. The summed E-state index contributed by atoms with van der Waals surface area (Å²) < 4.78 is 15.0. The second-order valence-electron chi connectivity index (χ2n) is 8.27. The number of piperazine rings is 1. The number of nitrogens with zero attached hydrogens (tertiary/aromatic N) is 4. The third-order valence-electron chi connectivity index (χ3n) is 6.21. The quantitative estimate of drug-likeness (QED) is 0.456. The first kappa shape index (κ1) is 23.0. The Balaban J connectivity index is 1.46. The Kier molecular flexibility index (Phi) is 6.18. The zero-order valence-electron chi connectivity index (χ0n) is 18.2. The Hall–Kier alpha value is -2.74. The average molecular weight is 521 g/mol. The zero-order valence-corrected chi connectivity index (χ0v) is 20.5. The van der Waals surface area contributed by atoms with Gasteiger partial charge in [-0.15, -0.1) is 0 Å². The van der Waals surface area contributed by atoms with Gasteiger partial charge in [-0.2, -0.15) is 5.10 Å². The molecule has 2 aromatic carbocycles. The van der Waals surface area contributed by atoms with Gasteiger partial charge in [0.25, 0.3) is 5.91 Å². The molecule has 3 aromatic rings. The molecular weight excluding hydrogens is 500 g/mol. The van der Waals surface area contributed by atoms with Gasteiger partial charge in [-0.3, -0.25) is 4.79 Å². The lowest BCUT2D eigenvalue weighted by Crippen LogP contribution is -2.50. The number of anilines is 2. The summed E-state index contributed by atoms with van der Waals surface area (Å²) in [6.07, 6.45) is 1.66. The fourth-order valence-corrected chi connectivity index (χ4v) is 5.26. The van der Waals surface area contributed by atoms with E-state index < -0.39 is 6.04 Å². The molecule has 1 N–H and O–H groups in total. The summed E-state index contributed by atoms with van der Waals surface area (Å²) in [7, 11) is 0. The van der Waals surface area contributed by atoms with Crippen LogP contribution in [0.15, 0.2) is 59.9 Å². The number of amides is 1. The molecule has 3 heterocycles. The van der Waals surface area contributed by atoms with E-state index in [-0.39, 0.29) is 11.7 Å². The second-order valence-corrected chi connectivity index (χ2v) is 9.50. The molecule has 34 heavy (non-hydrogen) atoms. The number of halogens is 4. The predicted molar refractivity (Wildman–Crippen MR) is 133 cm³/mol. The summed E-state index contributed by atoms with van der Waals surface area (Å²) in [4.78, 5) is 17.8. The van der Waals surface area contributed by atoms with Gasteiger partial charge in [-0.05, 0) is 43.3 Å². The molecule has 1 saturated heterocycles. The molecule has 5 rings (SSSR count). The van der Waals surface area contributed by atoms with E-state index in [0.29, 0.717) is 52.4 Å². The number of allylic oxidation sites excluding steroid dienone is 1. The highest BCUT2D eigenvalue weighted by Crippen LogP contribution is 2.42. The molecule has 0 saturated carbocycles. The van der Waals surface area contributed by atoms with Gasteiger partial charge < -0.3 is 15.1 Å². The topological polar surface area (TPSA) is 53.4 Å². The van der Waals surface area contributed by atoms with Crippen molar-refractivity contribution in [1.29, 1.82) is 0 Å². The van der Waals surface area contributed by atoms with Crippen molar-refractivity contribution in [3.63, 3.8) is 0 Å². The van der Waals surface area contributed by atoms with Crippen LogP contribution < -0.4 is 10.2 Å². The first-order valence-electron chi connectivity index (χ1n) is 10.8. The number of nitrogens with one attached hydrogen (secondary N) is 1. The number of hydrogen-bond donors (Lipinski definition) is 1. The number of hydrogen-bond acceptors (Lipinski definition) is 4. The van der Waals surface area contributed by atoms with Crippen molar-refractivity contribution in [1.82, 2.24) is 14.7 Å². The summed E-state index contributed by atoms with van der Waals surface area (Å²) in [5.41, 5.74) is 2.80. The van der Waals surface area contributed by atoms with E-state index in [9.17, 15) is 9.18 Å². The van der Waals surface area contributed by atoms with Gasteiger partial charge in [-0.1, -0.05) is 34.8 Å². The minimum absolute atomic E-state index is 0.109. The summed E-state index contributed by atoms with van der Waals surface area (Å²) in [6.45, 7) is 4.19. The lowest BCUT2D eigenvalue weighted by Gasteiger charge is -2.38. The van der Waals surface area contributed by atoms with E-state index in [1.165, 1.54) is 12.1 Å². The van der Waals surface area contributed by atoms with Gasteiger partial charge in [0, 0.05) is 54.2 Å². The maximum Gasteiger partial charge on any atom is 0.254 e. The predicted octanol–water partition coefficient (Wildman–Crippen LogP) is 5.62. The van der Waals surface area contributed by atoms with Crippen LogP contribution in [-0.4, -0.2) is 46.8 Å². The normalized spacial score (nSPS) is 18.1. The van der Waals surface area contributed by atoms with Crippen molar-refractivity contribution in [2.45, 2.75) is 13.0 Å². The van der Waals surface area contributed by atoms with Gasteiger partial charge in [0.05, 0.1) is 21.8 Å². The molecule has 1 fully saturated rings. The van der Waals surface area contributed by atoms with E-state index in [0.717, 1.165) is 17.2 Å². The van der Waals surface area contributed by atoms with E-state index >= 15 is 0 Å². The third kappa shape index (κ3) is 4.13. The smallest absolute Gasteiger partial charge is 0.254 e. The molecule has 1 unspecified atom stereocenters. The van der Waals surface area contributed by atoms with E-state index in [4.69, 9.17) is 34.8 Å². The van der Waals surface area contributed by atoms with Crippen molar-refractivity contribution in [3.8, 4) is 0 Å². The van der Waals surface area contributed by atoms with Crippen LogP contribution in [-0.2, 0) is 4.79 Å². The first-order chi connectivity index (χ1) is 16.3. The van der Waals surface area contributed by atoms with Crippen molar-refractivity contribution >= 4 is 52.2 Å². The molecule has 1 atom stereocenters. The summed E-state index contributed by atoms with van der Waals surface area (Å²) in [6, 6.07) is 10.9. The fraction of sp³-hybridized carbons (Fsp3) is 0.250. The Morgan fingerprint density at radius 2 is 1.76 bits per heavy atom. The summed E-state index contributed by atoms with van der Waals surface area (Å²) in [5.74, 6) is 0.364. The number of carbonyl (C=O) groups is 1. The van der Waals surface area contributed by atoms with Crippen LogP contribution in [0.5, 0.6) is 0 Å². The average Bonchev–Trinajstić information content (AvgIpc) is 3.29. The summed E-state index contributed by atoms with van der Waals surface area (Å²) in [5, 5.41) is 8.80. The van der Waals surface area contributed by atoms with Gasteiger partial charge >= 0.3 is 0 Å². The molecule has 0 bridgehead atoms. The number of fused-ring (bicyclic) bond motifs is 1. The molecule has 0 radical (unpaired) electrons. The number of benzene rings is 2. The van der Waals surface area contributed by atoms with Crippen molar-refractivity contribution in [2.24, 2.45) is 0 Å². The number of carbonyl (C=O) groups excluding carboxylic acids is 1. The van der Waals surface area contributed by atoms with Crippen LogP contribution in [0.25, 0.3) is 0 Å². The summed E-state index contributed by atoms with van der Waals surface area (Å²) >= 11 is 19.2. The van der Waals surface area contributed by atoms with E-state index in [2.05, 4.69) is 15.3 Å². The van der Waals surface area contributed by atoms with Crippen LogP contribution in [0.1, 0.15) is 18.5 Å². The molecule has 10 heteroatoms. The Labute approximate surface area is 211 Å². The minimum atomic E-state index is -0.586. The largest absolute Gasteiger partial charge is 0.368 e. The third-order valence-corrected chi connectivity index (χ3v) is 7.25. The minimum Gasteiger partial charge on any atom is -0.368 e. The molecule has 1 amide bonds. The van der Waals surface area contributed by atoms with Gasteiger partial charge in [0.1, 0.15) is 17.7 Å². The van der Waals surface area contributed by atoms with Crippen molar-refractivity contribution < 1.29 is 9.18 Å². The SMILES string of the molecule is CC1=C(C(=O)N2CCN(c3ccc(F)cc3)CC2)C(c2cc(Cl)cc(Cl)c2Cl)n2nccc2N1. The van der Waals surface area contributed by atoms with Gasteiger partial charge in [-0.25, -0.2) is 9.07 Å². The Morgan fingerprint density at radius 1 is 1.06 bits per heavy atom. The zero-order chi connectivity index (χ0) is 24.0. The molecule has 1 aromatic heterocycles. The highest BCUT2D eigenvalue weighted by Gasteiger charge is 2.37. The highest BCUT2D eigenvalue weighted by atomic mass is 35.5. The second kappa shape index (κ2) is 9.13. The monoisotopic (exact) mass is 519 g/mol. The van der Waals surface area contributed by atoms with Crippen LogP contribution in [0.2, 0.25) is 15.1 Å². The molecule has 0 spiro atoms.